The van der Waals surface area contributed by atoms with Crippen LogP contribution in [0.4, 0.5) is 8.78 Å². The Bertz CT molecular complexity index is 1280. The average molecular weight is 437 g/mol. The standard InChI is InChI=1S/C25H26F2N4O/c26-20-2-1-18(12-21(20)27)31-23-11-17-14-29-30-22(17)13-19(23)24(15-3-7-28-8-4-15)25(31)16-5-9-32-10-6-16/h1-2,11-16,28H,3-10H2,(H,29,30). The van der Waals surface area contributed by atoms with Gasteiger partial charge in [0.15, 0.2) is 11.6 Å². The molecule has 6 rings (SSSR count). The Kier molecular flexibility index (Phi) is 4.96. The SMILES string of the molecule is Fc1ccc(-n2c(C3CCOCC3)c(C3CCNCC3)c3cc4[nH]ncc4cc32)cc1F. The molecule has 32 heavy (non-hydrogen) atoms. The predicted molar refractivity (Wildman–Crippen MR) is 120 cm³/mol. The van der Waals surface area contributed by atoms with Crippen LogP contribution in [0.25, 0.3) is 27.5 Å². The number of aromatic amines is 1. The highest BCUT2D eigenvalue weighted by Gasteiger charge is 2.31. The van der Waals surface area contributed by atoms with Gasteiger partial charge in [-0.3, -0.25) is 5.10 Å². The molecule has 0 amide bonds. The summed E-state index contributed by atoms with van der Waals surface area (Å²) in [6.45, 7) is 3.42. The van der Waals surface area contributed by atoms with Crippen molar-refractivity contribution in [3.63, 3.8) is 0 Å². The number of hydrogen-bond acceptors (Lipinski definition) is 3. The Hall–Kier alpha value is -2.77. The first kappa shape index (κ1) is 19.9. The van der Waals surface area contributed by atoms with Crippen molar-refractivity contribution in [2.24, 2.45) is 0 Å². The molecule has 2 aliphatic heterocycles. The third-order valence-corrected chi connectivity index (χ3v) is 7.12. The number of nitrogens with zero attached hydrogens (tertiary/aromatic N) is 2. The van der Waals surface area contributed by atoms with E-state index in [1.807, 2.05) is 6.20 Å². The highest BCUT2D eigenvalue weighted by Crippen LogP contribution is 2.44. The Morgan fingerprint density at radius 2 is 1.75 bits per heavy atom. The number of rotatable bonds is 3. The zero-order valence-corrected chi connectivity index (χ0v) is 17.8. The lowest BCUT2D eigenvalue weighted by molar-refractivity contribution is 0.0839. The van der Waals surface area contributed by atoms with Crippen molar-refractivity contribution in [2.75, 3.05) is 26.3 Å². The third-order valence-electron chi connectivity index (χ3n) is 7.12. The van der Waals surface area contributed by atoms with Crippen LogP contribution in [-0.2, 0) is 4.74 Å². The molecular formula is C25H26F2N4O. The van der Waals surface area contributed by atoms with E-state index in [0.29, 0.717) is 17.5 Å². The average Bonchev–Trinajstić information content (AvgIpc) is 3.42. The molecule has 2 N–H and O–H groups in total. The summed E-state index contributed by atoms with van der Waals surface area (Å²) in [5, 5.41) is 13.0. The van der Waals surface area contributed by atoms with Crippen LogP contribution in [0.1, 0.15) is 48.8 Å². The second kappa shape index (κ2) is 7.98. The summed E-state index contributed by atoms with van der Waals surface area (Å²) in [6, 6.07) is 8.55. The molecular weight excluding hydrogens is 410 g/mol. The van der Waals surface area contributed by atoms with Crippen molar-refractivity contribution in [1.82, 2.24) is 20.1 Å². The van der Waals surface area contributed by atoms with Gasteiger partial charge in [-0.1, -0.05) is 0 Å². The zero-order chi connectivity index (χ0) is 21.7. The fourth-order valence-electron chi connectivity index (χ4n) is 5.58. The molecule has 166 valence electrons. The number of piperidine rings is 1. The van der Waals surface area contributed by atoms with E-state index in [1.54, 1.807) is 6.07 Å². The molecule has 7 heteroatoms. The first-order valence-electron chi connectivity index (χ1n) is 11.5. The van der Waals surface area contributed by atoms with E-state index < -0.39 is 11.6 Å². The van der Waals surface area contributed by atoms with Crippen LogP contribution in [0.15, 0.2) is 36.5 Å². The molecule has 0 spiro atoms. The first-order chi connectivity index (χ1) is 15.7. The fourth-order valence-corrected chi connectivity index (χ4v) is 5.58. The van der Waals surface area contributed by atoms with E-state index in [4.69, 9.17) is 4.74 Å². The van der Waals surface area contributed by atoms with Crippen LogP contribution in [0.2, 0.25) is 0 Å². The lowest BCUT2D eigenvalue weighted by Gasteiger charge is -2.29. The molecule has 0 bridgehead atoms. The van der Waals surface area contributed by atoms with Crippen molar-refractivity contribution in [3.05, 3.63) is 59.4 Å². The molecule has 0 saturated carbocycles. The van der Waals surface area contributed by atoms with Gasteiger partial charge in [-0.25, -0.2) is 8.78 Å². The number of hydrogen-bond donors (Lipinski definition) is 2. The van der Waals surface area contributed by atoms with Gasteiger partial charge in [0, 0.05) is 47.4 Å². The minimum atomic E-state index is -0.825. The summed E-state index contributed by atoms with van der Waals surface area (Å²) in [5.74, 6) is -0.919. The van der Waals surface area contributed by atoms with E-state index in [9.17, 15) is 8.78 Å². The van der Waals surface area contributed by atoms with Gasteiger partial charge in [0.1, 0.15) is 0 Å². The topological polar surface area (TPSA) is 54.9 Å². The lowest BCUT2D eigenvalue weighted by Crippen LogP contribution is -2.28. The Labute approximate surface area is 184 Å². The number of H-pyrrole nitrogens is 1. The van der Waals surface area contributed by atoms with E-state index in [2.05, 4.69) is 32.2 Å². The van der Waals surface area contributed by atoms with Gasteiger partial charge in [-0.15, -0.1) is 0 Å². The van der Waals surface area contributed by atoms with Crippen molar-refractivity contribution >= 4 is 21.8 Å². The minimum Gasteiger partial charge on any atom is -0.381 e. The van der Waals surface area contributed by atoms with Crippen LogP contribution >= 0.6 is 0 Å². The summed E-state index contributed by atoms with van der Waals surface area (Å²) >= 11 is 0. The maximum atomic E-state index is 14.4. The van der Waals surface area contributed by atoms with Gasteiger partial charge in [0.2, 0.25) is 0 Å². The molecule has 0 unspecified atom stereocenters. The third kappa shape index (κ3) is 3.22. The molecule has 0 radical (unpaired) electrons. The van der Waals surface area contributed by atoms with Gasteiger partial charge in [0.25, 0.3) is 0 Å². The number of fused-ring (bicyclic) bond motifs is 2. The van der Waals surface area contributed by atoms with E-state index >= 15 is 0 Å². The molecule has 2 aromatic heterocycles. The number of nitrogens with one attached hydrogen (secondary N) is 2. The molecule has 2 aliphatic rings. The van der Waals surface area contributed by atoms with E-state index in [0.717, 1.165) is 68.4 Å². The van der Waals surface area contributed by atoms with Gasteiger partial charge < -0.3 is 14.6 Å². The number of aromatic nitrogens is 3. The van der Waals surface area contributed by atoms with E-state index in [1.165, 1.54) is 28.8 Å². The second-order valence-electron chi connectivity index (χ2n) is 8.97. The Balaban J connectivity index is 1.69. The van der Waals surface area contributed by atoms with Crippen molar-refractivity contribution in [1.29, 1.82) is 0 Å². The molecule has 5 nitrogen and oxygen atoms in total. The second-order valence-corrected chi connectivity index (χ2v) is 8.97. The lowest BCUT2D eigenvalue weighted by atomic mass is 9.83. The van der Waals surface area contributed by atoms with Crippen molar-refractivity contribution < 1.29 is 13.5 Å². The molecule has 2 saturated heterocycles. The normalized spacial score (nSPS) is 18.7. The molecule has 0 atom stereocenters. The summed E-state index contributed by atoms with van der Waals surface area (Å²) in [4.78, 5) is 0. The van der Waals surface area contributed by atoms with Crippen molar-refractivity contribution in [3.8, 4) is 5.69 Å². The number of benzene rings is 2. The summed E-state index contributed by atoms with van der Waals surface area (Å²) < 4.78 is 36.0. The monoisotopic (exact) mass is 436 g/mol. The largest absolute Gasteiger partial charge is 0.381 e. The highest BCUT2D eigenvalue weighted by molar-refractivity contribution is 5.99. The minimum absolute atomic E-state index is 0.311. The van der Waals surface area contributed by atoms with Gasteiger partial charge in [-0.05, 0) is 74.5 Å². The van der Waals surface area contributed by atoms with E-state index in [-0.39, 0.29) is 0 Å². The fraction of sp³-hybridized carbons (Fsp3) is 0.400. The molecule has 2 fully saturated rings. The molecule has 0 aliphatic carbocycles. The highest BCUT2D eigenvalue weighted by atomic mass is 19.2. The summed E-state index contributed by atoms with van der Waals surface area (Å²) in [5.41, 5.74) is 5.28. The summed E-state index contributed by atoms with van der Waals surface area (Å²) in [7, 11) is 0. The van der Waals surface area contributed by atoms with Crippen LogP contribution in [0.5, 0.6) is 0 Å². The number of ether oxygens (including phenoxy) is 1. The molecule has 4 aromatic rings. The van der Waals surface area contributed by atoms with Gasteiger partial charge in [0.05, 0.1) is 17.2 Å². The van der Waals surface area contributed by atoms with Crippen LogP contribution in [0, 0.1) is 11.6 Å². The van der Waals surface area contributed by atoms with Crippen LogP contribution < -0.4 is 5.32 Å². The predicted octanol–water partition coefficient (Wildman–Crippen LogP) is 5.15. The Morgan fingerprint density at radius 3 is 2.53 bits per heavy atom. The maximum absolute atomic E-state index is 14.4. The van der Waals surface area contributed by atoms with Crippen LogP contribution in [0.3, 0.4) is 0 Å². The van der Waals surface area contributed by atoms with Gasteiger partial charge >= 0.3 is 0 Å². The molecule has 2 aromatic carbocycles. The first-order valence-corrected chi connectivity index (χ1v) is 11.5. The molecule has 4 heterocycles. The van der Waals surface area contributed by atoms with Crippen molar-refractivity contribution in [2.45, 2.75) is 37.5 Å². The number of halogens is 2. The quantitative estimate of drug-likeness (QED) is 0.467. The maximum Gasteiger partial charge on any atom is 0.160 e. The Morgan fingerprint density at radius 1 is 0.938 bits per heavy atom. The zero-order valence-electron chi connectivity index (χ0n) is 17.8. The van der Waals surface area contributed by atoms with Gasteiger partial charge in [-0.2, -0.15) is 5.10 Å². The summed E-state index contributed by atoms with van der Waals surface area (Å²) in [6.07, 6.45) is 5.80. The smallest absolute Gasteiger partial charge is 0.160 e. The van der Waals surface area contributed by atoms with Crippen LogP contribution in [-0.4, -0.2) is 41.1 Å².